The van der Waals surface area contributed by atoms with Crippen LogP contribution in [0.1, 0.15) is 36.6 Å². The number of piperazine rings is 1. The molecule has 6 rings (SSSR count). The minimum Gasteiger partial charge on any atom is -0.462 e. The molecule has 0 N–H and O–H groups in total. The highest BCUT2D eigenvalue weighted by molar-refractivity contribution is 5.97. The van der Waals surface area contributed by atoms with E-state index in [-0.39, 0.29) is 24.5 Å². The first-order valence-corrected chi connectivity index (χ1v) is 16.4. The van der Waals surface area contributed by atoms with Crippen molar-refractivity contribution in [2.45, 2.75) is 57.8 Å². The van der Waals surface area contributed by atoms with Crippen LogP contribution in [0.2, 0.25) is 0 Å². The Balaban J connectivity index is 1.30. The molecule has 1 amide bonds. The number of carbonyl (C=O) groups is 1. The number of fused-ring (bicyclic) bond motifs is 2. The molecule has 0 unspecified atom stereocenters. The Morgan fingerprint density at radius 3 is 2.72 bits per heavy atom. The van der Waals surface area contributed by atoms with Crippen molar-refractivity contribution >= 4 is 28.2 Å². The van der Waals surface area contributed by atoms with Crippen LogP contribution >= 0.6 is 0 Å². The van der Waals surface area contributed by atoms with Crippen LogP contribution in [0.3, 0.4) is 0 Å². The highest BCUT2D eigenvalue weighted by atomic mass is 16.5. The van der Waals surface area contributed by atoms with Crippen molar-refractivity contribution in [2.24, 2.45) is 0 Å². The second-order valence-electron chi connectivity index (χ2n) is 12.7. The molecule has 2 atom stereocenters. The summed E-state index contributed by atoms with van der Waals surface area (Å²) in [5.74, 6) is 0.727. The van der Waals surface area contributed by atoms with E-state index in [9.17, 15) is 4.79 Å². The standard InChI is InChI=1S/C36H45N7O3/c1-6-33(44)43-18-17-42(22-29(43)21-37-4)35-30-13-16-41(32-12-8-11-27-10-7-9-25(2)34(27)32)23-31(30)38-36(39-35)46-24-26(3)40(5)28-14-19-45-20-15-28/h6-12,26,28-29H,1,13-24H2,2-3,5H3/t26-,29-/m0/s1. The summed E-state index contributed by atoms with van der Waals surface area (Å²) in [6.45, 7) is 21.0. The Labute approximate surface area is 272 Å². The summed E-state index contributed by atoms with van der Waals surface area (Å²) >= 11 is 0. The van der Waals surface area contributed by atoms with Crippen LogP contribution in [0, 0.1) is 13.5 Å². The van der Waals surface area contributed by atoms with Crippen molar-refractivity contribution in [3.63, 3.8) is 0 Å². The van der Waals surface area contributed by atoms with Gasteiger partial charge in [0.2, 0.25) is 12.5 Å². The lowest BCUT2D eigenvalue weighted by molar-refractivity contribution is -0.128. The number of amides is 1. The average Bonchev–Trinajstić information content (AvgIpc) is 3.09. The molecule has 3 aromatic rings. The Morgan fingerprint density at radius 2 is 1.96 bits per heavy atom. The Kier molecular flexibility index (Phi) is 9.71. The number of hydrogen-bond donors (Lipinski definition) is 0. The molecule has 2 aromatic carbocycles. The van der Waals surface area contributed by atoms with Crippen molar-refractivity contribution in [1.82, 2.24) is 19.8 Å². The highest BCUT2D eigenvalue weighted by Crippen LogP contribution is 2.36. The number of rotatable bonds is 9. The second-order valence-corrected chi connectivity index (χ2v) is 12.7. The topological polar surface area (TPSA) is 78.6 Å². The van der Waals surface area contributed by atoms with Crippen molar-refractivity contribution in [3.05, 3.63) is 77.3 Å². The van der Waals surface area contributed by atoms with Gasteiger partial charge >= 0.3 is 6.01 Å². The molecule has 2 saturated heterocycles. The van der Waals surface area contributed by atoms with Gasteiger partial charge in [-0.25, -0.2) is 6.57 Å². The molecule has 0 bridgehead atoms. The molecule has 0 aliphatic carbocycles. The van der Waals surface area contributed by atoms with E-state index in [1.807, 2.05) is 0 Å². The lowest BCUT2D eigenvalue weighted by Crippen LogP contribution is -2.56. The van der Waals surface area contributed by atoms with Crippen LogP contribution in [-0.2, 0) is 22.5 Å². The van der Waals surface area contributed by atoms with Gasteiger partial charge in [-0.3, -0.25) is 9.69 Å². The van der Waals surface area contributed by atoms with Gasteiger partial charge in [-0.2, -0.15) is 9.97 Å². The number of aromatic nitrogens is 2. The lowest BCUT2D eigenvalue weighted by Gasteiger charge is -2.41. The monoisotopic (exact) mass is 623 g/mol. The van der Waals surface area contributed by atoms with E-state index in [0.717, 1.165) is 56.1 Å². The molecule has 242 valence electrons. The molecule has 1 aromatic heterocycles. The van der Waals surface area contributed by atoms with Crippen molar-refractivity contribution in [3.8, 4) is 6.01 Å². The van der Waals surface area contributed by atoms with Crippen LogP contribution < -0.4 is 14.5 Å². The molecular weight excluding hydrogens is 578 g/mol. The van der Waals surface area contributed by atoms with E-state index in [2.05, 4.69) is 83.4 Å². The van der Waals surface area contributed by atoms with E-state index in [1.165, 1.54) is 28.1 Å². The number of ether oxygens (including phenoxy) is 2. The van der Waals surface area contributed by atoms with E-state index in [1.54, 1.807) is 4.90 Å². The summed E-state index contributed by atoms with van der Waals surface area (Å²) in [7, 11) is 2.16. The maximum atomic E-state index is 12.6. The third-order valence-electron chi connectivity index (χ3n) is 9.91. The molecule has 0 radical (unpaired) electrons. The third kappa shape index (κ3) is 6.53. The molecule has 3 aliphatic rings. The average molecular weight is 624 g/mol. The van der Waals surface area contributed by atoms with E-state index in [0.29, 0.717) is 44.8 Å². The van der Waals surface area contributed by atoms with E-state index < -0.39 is 0 Å². The molecule has 4 heterocycles. The van der Waals surface area contributed by atoms with Crippen LogP contribution in [0.5, 0.6) is 6.01 Å². The first-order chi connectivity index (χ1) is 22.4. The van der Waals surface area contributed by atoms with Crippen LogP contribution in [-0.4, -0.2) is 103 Å². The first-order valence-electron chi connectivity index (χ1n) is 16.4. The summed E-state index contributed by atoms with van der Waals surface area (Å²) in [5, 5.41) is 2.50. The molecule has 3 aliphatic heterocycles. The lowest BCUT2D eigenvalue weighted by atomic mass is 9.99. The number of benzene rings is 2. The van der Waals surface area contributed by atoms with Gasteiger partial charge in [0.15, 0.2) is 0 Å². The molecule has 0 spiro atoms. The second kappa shape index (κ2) is 14.1. The number of anilines is 2. The predicted molar refractivity (Wildman–Crippen MR) is 181 cm³/mol. The SMILES string of the molecule is [C-]#[N+]C[C@H]1CN(c2nc(OC[C@H](C)N(C)C3CCOCC3)nc3c2CCN(c2cccc4cccc(C)c24)C3)CCN1C(=O)C=C. The van der Waals surface area contributed by atoms with Gasteiger partial charge in [0.1, 0.15) is 18.5 Å². The van der Waals surface area contributed by atoms with Crippen molar-refractivity contribution in [2.75, 3.05) is 69.4 Å². The number of aryl methyl sites for hydroxylation is 1. The summed E-state index contributed by atoms with van der Waals surface area (Å²) in [6.07, 6.45) is 4.18. The fourth-order valence-corrected chi connectivity index (χ4v) is 7.17. The minimum atomic E-state index is -0.237. The summed E-state index contributed by atoms with van der Waals surface area (Å²) < 4.78 is 12.0. The van der Waals surface area contributed by atoms with Gasteiger partial charge in [0.05, 0.1) is 12.2 Å². The Bertz CT molecular complexity index is 1610. The van der Waals surface area contributed by atoms with E-state index in [4.69, 9.17) is 26.0 Å². The van der Waals surface area contributed by atoms with Gasteiger partial charge < -0.3 is 29.0 Å². The summed E-state index contributed by atoms with van der Waals surface area (Å²) in [6, 6.07) is 13.8. The van der Waals surface area contributed by atoms with Gasteiger partial charge in [-0.05, 0) is 63.2 Å². The number of nitrogens with zero attached hydrogens (tertiary/aromatic N) is 7. The summed E-state index contributed by atoms with van der Waals surface area (Å²) in [4.78, 5) is 35.1. The molecule has 0 saturated carbocycles. The largest absolute Gasteiger partial charge is 0.462 e. The third-order valence-corrected chi connectivity index (χ3v) is 9.91. The molecule has 46 heavy (non-hydrogen) atoms. The van der Waals surface area contributed by atoms with Crippen LogP contribution in [0.15, 0.2) is 49.1 Å². The number of hydrogen-bond acceptors (Lipinski definition) is 8. The highest BCUT2D eigenvalue weighted by Gasteiger charge is 2.35. The maximum Gasteiger partial charge on any atom is 0.318 e. The molecule has 10 nitrogen and oxygen atoms in total. The zero-order valence-electron chi connectivity index (χ0n) is 27.3. The summed E-state index contributed by atoms with van der Waals surface area (Å²) in [5.41, 5.74) is 4.56. The van der Waals surface area contributed by atoms with Gasteiger partial charge in [-0.15, -0.1) is 0 Å². The molecule has 2 fully saturated rings. The van der Waals surface area contributed by atoms with E-state index >= 15 is 0 Å². The van der Waals surface area contributed by atoms with Crippen molar-refractivity contribution < 1.29 is 14.3 Å². The number of likely N-dealkylation sites (N-methyl/N-ethyl adjacent to an activating group) is 1. The minimum absolute atomic E-state index is 0.134. The van der Waals surface area contributed by atoms with Crippen LogP contribution in [0.4, 0.5) is 11.5 Å². The zero-order chi connectivity index (χ0) is 32.2. The molecular formula is C36H45N7O3. The normalized spacial score (nSPS) is 19.5. The zero-order valence-corrected chi connectivity index (χ0v) is 27.3. The molecule has 10 heteroatoms. The van der Waals surface area contributed by atoms with Gasteiger partial charge in [0, 0.05) is 68.1 Å². The van der Waals surface area contributed by atoms with Crippen LogP contribution in [0.25, 0.3) is 15.6 Å². The predicted octanol–water partition coefficient (Wildman–Crippen LogP) is 4.50. The Hall–Kier alpha value is -4.20. The first kappa shape index (κ1) is 31.8. The maximum absolute atomic E-state index is 12.6. The smallest absolute Gasteiger partial charge is 0.318 e. The number of carbonyl (C=O) groups excluding carboxylic acids is 1. The van der Waals surface area contributed by atoms with Gasteiger partial charge in [-0.1, -0.05) is 36.9 Å². The van der Waals surface area contributed by atoms with Gasteiger partial charge in [0.25, 0.3) is 0 Å². The fraction of sp³-hybridized carbons (Fsp3) is 0.500. The quantitative estimate of drug-likeness (QED) is 0.255. The fourth-order valence-electron chi connectivity index (χ4n) is 7.17. The van der Waals surface area contributed by atoms with Crippen molar-refractivity contribution in [1.29, 1.82) is 0 Å². The Morgan fingerprint density at radius 1 is 1.17 bits per heavy atom.